The minimum absolute atomic E-state index is 0.00870. The van der Waals surface area contributed by atoms with Crippen molar-refractivity contribution in [1.82, 2.24) is 0 Å². The summed E-state index contributed by atoms with van der Waals surface area (Å²) in [5, 5.41) is 19.9. The lowest BCUT2D eigenvalue weighted by molar-refractivity contribution is -0.0281. The van der Waals surface area contributed by atoms with Crippen LogP contribution in [0.3, 0.4) is 0 Å². The highest BCUT2D eigenvalue weighted by Gasteiger charge is 2.58. The molecule has 0 amide bonds. The van der Waals surface area contributed by atoms with Crippen LogP contribution in [0.2, 0.25) is 0 Å². The fourth-order valence-electron chi connectivity index (χ4n) is 6.90. The topological polar surface area (TPSA) is 74.6 Å². The Kier molecular flexibility index (Phi) is 3.71. The molecule has 4 fully saturated rings. The van der Waals surface area contributed by atoms with Gasteiger partial charge in [-0.3, -0.25) is 9.59 Å². The van der Waals surface area contributed by atoms with Crippen molar-refractivity contribution < 1.29 is 19.8 Å². The van der Waals surface area contributed by atoms with Gasteiger partial charge >= 0.3 is 0 Å². The van der Waals surface area contributed by atoms with Crippen molar-refractivity contribution in [3.8, 4) is 11.5 Å². The van der Waals surface area contributed by atoms with Gasteiger partial charge in [-0.25, -0.2) is 0 Å². The zero-order valence-corrected chi connectivity index (χ0v) is 15.7. The highest BCUT2D eigenvalue weighted by Crippen LogP contribution is 2.66. The molecule has 0 aliphatic heterocycles. The van der Waals surface area contributed by atoms with Crippen LogP contribution in [0.15, 0.2) is 36.4 Å². The average Bonchev–Trinajstić information content (AvgIpc) is 2.67. The number of hydrogen-bond donors (Lipinski definition) is 2. The lowest BCUT2D eigenvalue weighted by Gasteiger charge is -2.63. The molecule has 0 heterocycles. The van der Waals surface area contributed by atoms with Gasteiger partial charge in [0.05, 0.1) is 11.1 Å². The normalized spacial score (nSPS) is 33.0. The van der Waals surface area contributed by atoms with Crippen molar-refractivity contribution in [2.24, 2.45) is 11.8 Å². The Bertz CT molecular complexity index is 887. The first kappa shape index (κ1) is 17.5. The van der Waals surface area contributed by atoms with E-state index < -0.39 is 0 Å². The summed E-state index contributed by atoms with van der Waals surface area (Å²) in [6, 6.07) is 11.0. The van der Waals surface area contributed by atoms with Crippen molar-refractivity contribution in [2.75, 3.05) is 0 Å². The van der Waals surface area contributed by atoms with Crippen LogP contribution < -0.4 is 0 Å². The van der Waals surface area contributed by atoms with E-state index in [9.17, 15) is 19.8 Å². The van der Waals surface area contributed by atoms with Crippen LogP contribution in [0.1, 0.15) is 70.4 Å². The SMILES string of the molecule is O=Cc1cc(C23CC4CC(C2)CC(c2ccc(O)c(C=O)c2)(C4)C3)ccc1O. The zero-order chi connectivity index (χ0) is 19.5. The predicted octanol–water partition coefficient (Wildman–Crippen LogP) is 4.51. The number of benzene rings is 2. The van der Waals surface area contributed by atoms with Crippen LogP contribution in [-0.4, -0.2) is 22.8 Å². The number of phenolic OH excluding ortho intramolecular Hbond substituents is 2. The van der Waals surface area contributed by atoms with Crippen molar-refractivity contribution in [2.45, 2.75) is 49.4 Å². The molecule has 0 radical (unpaired) electrons. The summed E-state index contributed by atoms with van der Waals surface area (Å²) in [5.41, 5.74) is 3.04. The van der Waals surface area contributed by atoms with E-state index in [4.69, 9.17) is 0 Å². The molecule has 2 N–H and O–H groups in total. The van der Waals surface area contributed by atoms with Gasteiger partial charge in [-0.1, -0.05) is 12.1 Å². The first-order chi connectivity index (χ1) is 13.5. The van der Waals surface area contributed by atoms with Crippen LogP contribution >= 0.6 is 0 Å². The van der Waals surface area contributed by atoms with Crippen molar-refractivity contribution >= 4 is 12.6 Å². The van der Waals surface area contributed by atoms with Gasteiger partial charge in [-0.15, -0.1) is 0 Å². The molecule has 28 heavy (non-hydrogen) atoms. The first-order valence-electron chi connectivity index (χ1n) is 10.0. The molecule has 2 aromatic carbocycles. The second kappa shape index (κ2) is 5.94. The Hall–Kier alpha value is -2.62. The van der Waals surface area contributed by atoms with Crippen molar-refractivity contribution in [3.63, 3.8) is 0 Å². The van der Waals surface area contributed by atoms with E-state index in [2.05, 4.69) is 0 Å². The highest BCUT2D eigenvalue weighted by molar-refractivity contribution is 5.80. The van der Waals surface area contributed by atoms with Crippen LogP contribution in [0.4, 0.5) is 0 Å². The minimum atomic E-state index is 0.00870. The Morgan fingerprint density at radius 3 is 1.57 bits per heavy atom. The maximum Gasteiger partial charge on any atom is 0.153 e. The van der Waals surface area contributed by atoms with Crippen LogP contribution in [-0.2, 0) is 10.8 Å². The summed E-state index contributed by atoms with van der Waals surface area (Å²) < 4.78 is 0. The Labute approximate surface area is 164 Å². The number of carbonyl (C=O) groups excluding carboxylic acids is 2. The Balaban J connectivity index is 1.61. The molecule has 4 heteroatoms. The Morgan fingerprint density at radius 1 is 0.750 bits per heavy atom. The monoisotopic (exact) mass is 376 g/mol. The number of aldehydes is 2. The van der Waals surface area contributed by atoms with Gasteiger partial charge < -0.3 is 10.2 Å². The largest absolute Gasteiger partial charge is 0.507 e. The number of hydrogen-bond acceptors (Lipinski definition) is 4. The van der Waals surface area contributed by atoms with Crippen molar-refractivity contribution in [1.29, 1.82) is 0 Å². The fourth-order valence-corrected chi connectivity index (χ4v) is 6.90. The molecular weight excluding hydrogens is 352 g/mol. The molecule has 0 spiro atoms. The molecule has 0 saturated heterocycles. The summed E-state index contributed by atoms with van der Waals surface area (Å²) in [6.07, 6.45) is 8.16. The van der Waals surface area contributed by atoms with Gasteiger partial charge in [0, 0.05) is 0 Å². The second-order valence-electron chi connectivity index (χ2n) is 9.30. The van der Waals surface area contributed by atoms with Crippen LogP contribution in [0.5, 0.6) is 11.5 Å². The third kappa shape index (κ3) is 2.43. The fraction of sp³-hybridized carbons (Fsp3) is 0.417. The minimum Gasteiger partial charge on any atom is -0.507 e. The average molecular weight is 376 g/mol. The molecule has 0 unspecified atom stereocenters. The molecule has 4 aliphatic rings. The van der Waals surface area contributed by atoms with Gasteiger partial charge in [0.15, 0.2) is 12.6 Å². The number of rotatable bonds is 4. The summed E-state index contributed by atoms with van der Waals surface area (Å²) in [7, 11) is 0. The quantitative estimate of drug-likeness (QED) is 0.770. The summed E-state index contributed by atoms with van der Waals surface area (Å²) in [4.78, 5) is 22.8. The first-order valence-corrected chi connectivity index (χ1v) is 10.0. The van der Waals surface area contributed by atoms with E-state index in [0.29, 0.717) is 23.0 Å². The molecule has 144 valence electrons. The van der Waals surface area contributed by atoms with Gasteiger partial charge in [-0.2, -0.15) is 0 Å². The third-order valence-electron chi connectivity index (χ3n) is 7.59. The van der Waals surface area contributed by atoms with Crippen molar-refractivity contribution in [3.05, 3.63) is 58.7 Å². The summed E-state index contributed by atoms with van der Waals surface area (Å²) in [6.45, 7) is 0. The van der Waals surface area contributed by atoms with Gasteiger partial charge in [0.25, 0.3) is 0 Å². The van der Waals surface area contributed by atoms with Crippen LogP contribution in [0, 0.1) is 11.8 Å². The predicted molar refractivity (Wildman–Crippen MR) is 105 cm³/mol. The van der Waals surface area contributed by atoms with Crippen LogP contribution in [0.25, 0.3) is 0 Å². The number of carbonyl (C=O) groups is 2. The second-order valence-corrected chi connectivity index (χ2v) is 9.30. The standard InChI is InChI=1S/C24H24O4/c25-12-17-6-19(1-3-21(17)27)23-8-15-5-16(9-23)11-24(10-15,14-23)20-2-4-22(28)18(7-20)13-26/h1-4,6-7,12-13,15-16,27-28H,5,8-11,14H2. The van der Waals surface area contributed by atoms with E-state index in [1.165, 1.54) is 6.42 Å². The molecule has 4 bridgehead atoms. The van der Waals surface area contributed by atoms with E-state index in [1.807, 2.05) is 24.3 Å². The van der Waals surface area contributed by atoms with Gasteiger partial charge in [0.2, 0.25) is 0 Å². The molecule has 4 aliphatic carbocycles. The molecule has 4 nitrogen and oxygen atoms in total. The molecule has 0 aromatic heterocycles. The third-order valence-corrected chi connectivity index (χ3v) is 7.59. The van der Waals surface area contributed by atoms with Gasteiger partial charge in [0.1, 0.15) is 11.5 Å². The molecule has 0 atom stereocenters. The lowest BCUT2D eigenvalue weighted by atomic mass is 9.41. The van der Waals surface area contributed by atoms with Gasteiger partial charge in [-0.05, 0) is 96.6 Å². The van der Waals surface area contributed by atoms with E-state index in [1.54, 1.807) is 12.1 Å². The van der Waals surface area contributed by atoms with E-state index in [-0.39, 0.29) is 22.3 Å². The molecule has 6 rings (SSSR count). The Morgan fingerprint density at radius 2 is 1.18 bits per heavy atom. The summed E-state index contributed by atoms with van der Waals surface area (Å²) in [5.74, 6) is 1.33. The van der Waals surface area contributed by atoms with E-state index in [0.717, 1.165) is 55.8 Å². The molecule has 2 aromatic rings. The van der Waals surface area contributed by atoms with E-state index >= 15 is 0 Å². The zero-order valence-electron chi connectivity index (χ0n) is 15.7. The molecular formula is C24H24O4. The highest BCUT2D eigenvalue weighted by atomic mass is 16.3. The maximum absolute atomic E-state index is 11.4. The maximum atomic E-state index is 11.4. The number of phenols is 2. The molecule has 4 saturated carbocycles. The number of aromatic hydroxyl groups is 2. The lowest BCUT2D eigenvalue weighted by Crippen LogP contribution is -2.56. The smallest absolute Gasteiger partial charge is 0.153 e. The summed E-state index contributed by atoms with van der Waals surface area (Å²) >= 11 is 0.